The van der Waals surface area contributed by atoms with Crippen LogP contribution < -0.4 is 10.5 Å². The molecule has 8 heteroatoms. The summed E-state index contributed by atoms with van der Waals surface area (Å²) < 4.78 is 26.3. The van der Waals surface area contributed by atoms with E-state index in [1.807, 2.05) is 29.6 Å². The molecule has 0 bridgehead atoms. The highest BCUT2D eigenvalue weighted by atomic mass is 32.2. The number of nitrogen functional groups attached to an aromatic ring is 1. The number of benzene rings is 1. The van der Waals surface area contributed by atoms with Crippen LogP contribution in [-0.4, -0.2) is 31.5 Å². The average Bonchev–Trinajstić information content (AvgIpc) is 2.94. The summed E-state index contributed by atoms with van der Waals surface area (Å²) in [6.45, 7) is 0.379. The summed E-state index contributed by atoms with van der Waals surface area (Å²) in [6.07, 6.45) is 0.613. The summed E-state index contributed by atoms with van der Waals surface area (Å²) in [6, 6.07) is 7.45. The molecule has 0 aliphatic rings. The summed E-state index contributed by atoms with van der Waals surface area (Å²) in [5.41, 5.74) is 9.14. The van der Waals surface area contributed by atoms with E-state index in [2.05, 4.69) is 9.71 Å². The number of nitrogens with one attached hydrogen (secondary N) is 1. The zero-order valence-corrected chi connectivity index (χ0v) is 13.8. The van der Waals surface area contributed by atoms with Gasteiger partial charge in [-0.1, -0.05) is 12.1 Å². The maximum Gasteiger partial charge on any atom is 0.212 e. The van der Waals surface area contributed by atoms with Crippen molar-refractivity contribution in [1.29, 1.82) is 0 Å². The fourth-order valence-electron chi connectivity index (χ4n) is 1.64. The van der Waals surface area contributed by atoms with E-state index in [-0.39, 0.29) is 5.75 Å². The molecule has 3 N–H and O–H groups in total. The second-order valence-corrected chi connectivity index (χ2v) is 8.11. The van der Waals surface area contributed by atoms with Gasteiger partial charge in [0, 0.05) is 34.7 Å². The Balaban J connectivity index is 1.72. The SMILES string of the molecule is Nc1ccccc1SCCS(=O)(=O)NCCc1cscn1. The van der Waals surface area contributed by atoms with Crippen molar-refractivity contribution in [2.75, 3.05) is 23.8 Å². The predicted octanol–water partition coefficient (Wildman–Crippen LogP) is 1.98. The van der Waals surface area contributed by atoms with Gasteiger partial charge in [0.05, 0.1) is 17.0 Å². The highest BCUT2D eigenvalue weighted by Crippen LogP contribution is 2.24. The summed E-state index contributed by atoms with van der Waals surface area (Å²) in [5.74, 6) is 0.545. The average molecular weight is 343 g/mol. The number of thiazole rings is 1. The van der Waals surface area contributed by atoms with Gasteiger partial charge in [-0.15, -0.1) is 23.1 Å². The van der Waals surface area contributed by atoms with Gasteiger partial charge in [0.1, 0.15) is 0 Å². The molecule has 21 heavy (non-hydrogen) atoms. The molecule has 5 nitrogen and oxygen atoms in total. The molecule has 0 radical (unpaired) electrons. The quantitative estimate of drug-likeness (QED) is 0.565. The molecule has 0 fully saturated rings. The number of thioether (sulfide) groups is 1. The van der Waals surface area contributed by atoms with Crippen molar-refractivity contribution in [3.05, 3.63) is 40.8 Å². The lowest BCUT2D eigenvalue weighted by atomic mass is 10.3. The van der Waals surface area contributed by atoms with Gasteiger partial charge in [-0.25, -0.2) is 18.1 Å². The van der Waals surface area contributed by atoms with E-state index in [1.54, 1.807) is 5.51 Å². The molecule has 1 aromatic heterocycles. The van der Waals surface area contributed by atoms with Crippen molar-refractivity contribution < 1.29 is 8.42 Å². The van der Waals surface area contributed by atoms with Crippen molar-refractivity contribution in [2.45, 2.75) is 11.3 Å². The van der Waals surface area contributed by atoms with E-state index in [0.717, 1.165) is 10.6 Å². The molecule has 0 amide bonds. The van der Waals surface area contributed by atoms with Gasteiger partial charge >= 0.3 is 0 Å². The van der Waals surface area contributed by atoms with E-state index >= 15 is 0 Å². The van der Waals surface area contributed by atoms with Gasteiger partial charge in [0.15, 0.2) is 0 Å². The number of para-hydroxylation sites is 1. The smallest absolute Gasteiger partial charge is 0.212 e. The molecule has 0 unspecified atom stereocenters. The highest BCUT2D eigenvalue weighted by Gasteiger charge is 2.10. The van der Waals surface area contributed by atoms with Crippen LogP contribution in [0.15, 0.2) is 40.1 Å². The predicted molar refractivity (Wildman–Crippen MR) is 89.2 cm³/mol. The minimum absolute atomic E-state index is 0.0725. The Morgan fingerprint density at radius 3 is 2.86 bits per heavy atom. The molecular formula is C13H17N3O2S3. The molecule has 2 rings (SSSR count). The van der Waals surface area contributed by atoms with Crippen LogP contribution in [0.2, 0.25) is 0 Å². The van der Waals surface area contributed by atoms with E-state index in [1.165, 1.54) is 23.1 Å². The highest BCUT2D eigenvalue weighted by molar-refractivity contribution is 8.00. The van der Waals surface area contributed by atoms with Crippen LogP contribution in [0.3, 0.4) is 0 Å². The number of sulfonamides is 1. The molecule has 0 aliphatic heterocycles. The number of nitrogens with zero attached hydrogens (tertiary/aromatic N) is 1. The molecule has 1 heterocycles. The number of anilines is 1. The normalized spacial score (nSPS) is 11.6. The van der Waals surface area contributed by atoms with E-state index in [9.17, 15) is 8.42 Å². The standard InChI is InChI=1S/C13H17N3O2S3/c14-12-3-1-2-4-13(12)20-7-8-21(17,18)16-6-5-11-9-19-10-15-11/h1-4,9-10,16H,5-8,14H2. The first kappa shape index (κ1) is 16.3. The van der Waals surface area contributed by atoms with Crippen molar-refractivity contribution in [2.24, 2.45) is 0 Å². The van der Waals surface area contributed by atoms with Crippen LogP contribution in [0.5, 0.6) is 0 Å². The van der Waals surface area contributed by atoms with Gasteiger partial charge in [0.25, 0.3) is 0 Å². The van der Waals surface area contributed by atoms with Crippen LogP contribution >= 0.6 is 23.1 Å². The summed E-state index contributed by atoms with van der Waals surface area (Å²) in [7, 11) is -3.25. The molecule has 1 aromatic carbocycles. The van der Waals surface area contributed by atoms with E-state index in [4.69, 9.17) is 5.73 Å². The van der Waals surface area contributed by atoms with Crippen molar-refractivity contribution in [3.63, 3.8) is 0 Å². The third-order valence-corrected chi connectivity index (χ3v) is 6.09. The summed E-state index contributed by atoms with van der Waals surface area (Å²) in [4.78, 5) is 5.03. The molecule has 0 aliphatic carbocycles. The van der Waals surface area contributed by atoms with Gasteiger partial charge in [-0.05, 0) is 12.1 Å². The fraction of sp³-hybridized carbons (Fsp3) is 0.308. The number of nitrogens with two attached hydrogens (primary N) is 1. The lowest BCUT2D eigenvalue weighted by Gasteiger charge is -2.07. The first-order valence-electron chi connectivity index (χ1n) is 6.38. The minimum Gasteiger partial charge on any atom is -0.398 e. The molecule has 0 saturated carbocycles. The maximum absolute atomic E-state index is 11.9. The maximum atomic E-state index is 11.9. The van der Waals surface area contributed by atoms with Crippen LogP contribution in [0.4, 0.5) is 5.69 Å². The van der Waals surface area contributed by atoms with Crippen molar-refractivity contribution in [3.8, 4) is 0 Å². The van der Waals surface area contributed by atoms with Crippen molar-refractivity contribution >= 4 is 38.8 Å². The molecule has 114 valence electrons. The first-order chi connectivity index (χ1) is 10.1. The van der Waals surface area contributed by atoms with E-state index in [0.29, 0.717) is 24.4 Å². The molecule has 2 aromatic rings. The molecule has 0 spiro atoms. The van der Waals surface area contributed by atoms with Gasteiger partial charge in [-0.2, -0.15) is 0 Å². The van der Waals surface area contributed by atoms with Gasteiger partial charge < -0.3 is 5.73 Å². The van der Waals surface area contributed by atoms with E-state index < -0.39 is 10.0 Å². The van der Waals surface area contributed by atoms with Crippen molar-refractivity contribution in [1.82, 2.24) is 9.71 Å². The first-order valence-corrected chi connectivity index (χ1v) is 9.96. The third-order valence-electron chi connectivity index (χ3n) is 2.72. The Hall–Kier alpha value is -1.09. The second kappa shape index (κ2) is 7.79. The zero-order valence-electron chi connectivity index (χ0n) is 11.4. The summed E-state index contributed by atoms with van der Waals surface area (Å²) in [5, 5.41) is 1.92. The summed E-state index contributed by atoms with van der Waals surface area (Å²) >= 11 is 2.96. The number of hydrogen-bond donors (Lipinski definition) is 2. The van der Waals surface area contributed by atoms with Gasteiger partial charge in [0.2, 0.25) is 10.0 Å². The largest absolute Gasteiger partial charge is 0.398 e. The Kier molecular flexibility index (Phi) is 6.04. The number of aromatic nitrogens is 1. The number of hydrogen-bond acceptors (Lipinski definition) is 6. The van der Waals surface area contributed by atoms with Crippen LogP contribution in [0, 0.1) is 0 Å². The Morgan fingerprint density at radius 1 is 1.33 bits per heavy atom. The Morgan fingerprint density at radius 2 is 2.14 bits per heavy atom. The minimum atomic E-state index is -3.25. The lowest BCUT2D eigenvalue weighted by molar-refractivity contribution is 0.583. The zero-order chi connectivity index (χ0) is 15.1. The molecule has 0 saturated heterocycles. The number of rotatable bonds is 8. The Bertz CT molecular complexity index is 657. The Labute approximate surface area is 133 Å². The van der Waals surface area contributed by atoms with Crippen LogP contribution in [0.1, 0.15) is 5.69 Å². The van der Waals surface area contributed by atoms with Crippen LogP contribution in [0.25, 0.3) is 0 Å². The molecular weight excluding hydrogens is 326 g/mol. The third kappa shape index (κ3) is 5.66. The second-order valence-electron chi connectivity index (χ2n) is 4.33. The van der Waals surface area contributed by atoms with Gasteiger partial charge in [-0.3, -0.25) is 0 Å². The monoisotopic (exact) mass is 343 g/mol. The molecule has 0 atom stereocenters. The fourth-order valence-corrected chi connectivity index (χ4v) is 4.63. The lowest BCUT2D eigenvalue weighted by Crippen LogP contribution is -2.29. The topological polar surface area (TPSA) is 85.1 Å². The van der Waals surface area contributed by atoms with Crippen LogP contribution in [-0.2, 0) is 16.4 Å².